The maximum atomic E-state index is 5.69. The van der Waals surface area contributed by atoms with Crippen molar-refractivity contribution in [2.45, 2.75) is 13.5 Å². The third kappa shape index (κ3) is 3.64. The van der Waals surface area contributed by atoms with Gasteiger partial charge in [0.15, 0.2) is 0 Å². The van der Waals surface area contributed by atoms with Gasteiger partial charge in [0.1, 0.15) is 17.4 Å². The number of benzene rings is 1. The number of methoxy groups -OCH3 is 1. The van der Waals surface area contributed by atoms with Crippen LogP contribution < -0.4 is 16.0 Å². The Balaban J connectivity index is 2.20. The standard InChI is InChI=1S/C13H16N4O2/c1-9-15-12(17-14)7-13(16-9)19-11-5-3-4-10(6-11)8-18-2/h3-7H,8,14H2,1-2H3,(H,15,16,17). The second kappa shape index (κ2) is 6.12. The van der Waals surface area contributed by atoms with Crippen LogP contribution in [-0.2, 0) is 11.3 Å². The maximum Gasteiger partial charge on any atom is 0.224 e. The van der Waals surface area contributed by atoms with E-state index in [-0.39, 0.29) is 0 Å². The molecule has 2 rings (SSSR count). The fourth-order valence-electron chi connectivity index (χ4n) is 1.65. The molecule has 0 atom stereocenters. The number of nitrogens with two attached hydrogens (primary N) is 1. The molecule has 0 unspecified atom stereocenters. The predicted molar refractivity (Wildman–Crippen MR) is 71.8 cm³/mol. The largest absolute Gasteiger partial charge is 0.439 e. The molecule has 0 saturated heterocycles. The van der Waals surface area contributed by atoms with Gasteiger partial charge in [-0.1, -0.05) is 12.1 Å². The number of aryl methyl sites for hydroxylation is 1. The number of nitrogens with one attached hydrogen (secondary N) is 1. The van der Waals surface area contributed by atoms with Gasteiger partial charge in [0.05, 0.1) is 6.61 Å². The van der Waals surface area contributed by atoms with Crippen molar-refractivity contribution in [1.29, 1.82) is 0 Å². The zero-order valence-electron chi connectivity index (χ0n) is 10.9. The highest BCUT2D eigenvalue weighted by Gasteiger charge is 2.04. The van der Waals surface area contributed by atoms with Gasteiger partial charge in [-0.25, -0.2) is 10.8 Å². The Morgan fingerprint density at radius 1 is 1.26 bits per heavy atom. The van der Waals surface area contributed by atoms with Crippen LogP contribution in [0.4, 0.5) is 5.82 Å². The van der Waals surface area contributed by atoms with Gasteiger partial charge < -0.3 is 14.9 Å². The average Bonchev–Trinajstić information content (AvgIpc) is 2.39. The van der Waals surface area contributed by atoms with Crippen LogP contribution >= 0.6 is 0 Å². The number of ether oxygens (including phenoxy) is 2. The zero-order chi connectivity index (χ0) is 13.7. The lowest BCUT2D eigenvalue weighted by Crippen LogP contribution is -2.09. The lowest BCUT2D eigenvalue weighted by molar-refractivity contribution is 0.184. The Morgan fingerprint density at radius 2 is 2.11 bits per heavy atom. The molecule has 0 saturated carbocycles. The van der Waals surface area contributed by atoms with Crippen LogP contribution in [0.5, 0.6) is 11.6 Å². The van der Waals surface area contributed by atoms with Crippen molar-refractivity contribution in [3.8, 4) is 11.6 Å². The van der Waals surface area contributed by atoms with Gasteiger partial charge in [0, 0.05) is 13.2 Å². The quantitative estimate of drug-likeness (QED) is 0.632. The Morgan fingerprint density at radius 3 is 2.84 bits per heavy atom. The van der Waals surface area contributed by atoms with Gasteiger partial charge in [-0.15, -0.1) is 0 Å². The summed E-state index contributed by atoms with van der Waals surface area (Å²) in [6, 6.07) is 9.26. The minimum Gasteiger partial charge on any atom is -0.439 e. The number of nitrogen functional groups attached to an aromatic ring is 1. The number of rotatable bonds is 5. The van der Waals surface area contributed by atoms with E-state index >= 15 is 0 Å². The predicted octanol–water partition coefficient (Wildman–Crippen LogP) is 2.01. The van der Waals surface area contributed by atoms with Crippen molar-refractivity contribution in [3.63, 3.8) is 0 Å². The number of hydrogen-bond donors (Lipinski definition) is 2. The van der Waals surface area contributed by atoms with Gasteiger partial charge >= 0.3 is 0 Å². The highest BCUT2D eigenvalue weighted by atomic mass is 16.5. The molecule has 0 radical (unpaired) electrons. The lowest BCUT2D eigenvalue weighted by Gasteiger charge is -2.08. The van der Waals surface area contributed by atoms with Crippen LogP contribution in [0, 0.1) is 6.92 Å². The number of hydrogen-bond acceptors (Lipinski definition) is 6. The molecule has 6 nitrogen and oxygen atoms in total. The molecule has 1 aromatic carbocycles. The molecule has 6 heteroatoms. The van der Waals surface area contributed by atoms with Gasteiger partial charge in [0.2, 0.25) is 5.88 Å². The molecule has 0 aliphatic rings. The molecule has 0 fully saturated rings. The van der Waals surface area contributed by atoms with Crippen molar-refractivity contribution in [1.82, 2.24) is 9.97 Å². The van der Waals surface area contributed by atoms with Gasteiger partial charge in [-0.3, -0.25) is 0 Å². The Labute approximate surface area is 111 Å². The molecule has 3 N–H and O–H groups in total. The van der Waals surface area contributed by atoms with Gasteiger partial charge in [-0.05, 0) is 24.6 Å². The van der Waals surface area contributed by atoms with Gasteiger partial charge in [0.25, 0.3) is 0 Å². The molecule has 100 valence electrons. The summed E-state index contributed by atoms with van der Waals surface area (Å²) >= 11 is 0. The number of hydrazine groups is 1. The molecule has 2 aromatic rings. The second-order valence-corrected chi connectivity index (χ2v) is 3.97. The molecule has 0 spiro atoms. The molecule has 1 heterocycles. The summed E-state index contributed by atoms with van der Waals surface area (Å²) in [6.45, 7) is 2.31. The van der Waals surface area contributed by atoms with E-state index in [2.05, 4.69) is 15.4 Å². The minimum atomic E-state index is 0.440. The first-order chi connectivity index (χ1) is 9.21. The van der Waals surface area contributed by atoms with E-state index in [1.807, 2.05) is 24.3 Å². The van der Waals surface area contributed by atoms with Crippen molar-refractivity contribution in [3.05, 3.63) is 41.7 Å². The van der Waals surface area contributed by atoms with Crippen LogP contribution in [-0.4, -0.2) is 17.1 Å². The summed E-state index contributed by atoms with van der Waals surface area (Å²) in [4.78, 5) is 8.29. The fraction of sp³-hybridized carbons (Fsp3) is 0.231. The van der Waals surface area contributed by atoms with Crippen LogP contribution in [0.1, 0.15) is 11.4 Å². The molecular weight excluding hydrogens is 244 g/mol. The molecule has 1 aromatic heterocycles. The second-order valence-electron chi connectivity index (χ2n) is 3.97. The monoisotopic (exact) mass is 260 g/mol. The first kappa shape index (κ1) is 13.3. The fourth-order valence-corrected chi connectivity index (χ4v) is 1.65. The number of nitrogens with zero attached hydrogens (tertiary/aromatic N) is 2. The third-order valence-electron chi connectivity index (χ3n) is 2.39. The number of aromatic nitrogens is 2. The zero-order valence-corrected chi connectivity index (χ0v) is 10.9. The summed E-state index contributed by atoms with van der Waals surface area (Å²) in [5.74, 6) is 7.55. The van der Waals surface area contributed by atoms with E-state index in [0.29, 0.717) is 29.9 Å². The van der Waals surface area contributed by atoms with E-state index in [1.54, 1.807) is 20.1 Å². The van der Waals surface area contributed by atoms with Crippen LogP contribution in [0.3, 0.4) is 0 Å². The average molecular weight is 260 g/mol. The van der Waals surface area contributed by atoms with E-state index in [9.17, 15) is 0 Å². The summed E-state index contributed by atoms with van der Waals surface area (Å²) in [5.41, 5.74) is 3.51. The summed E-state index contributed by atoms with van der Waals surface area (Å²) in [6.07, 6.45) is 0. The molecule has 19 heavy (non-hydrogen) atoms. The molecule has 0 aliphatic carbocycles. The van der Waals surface area contributed by atoms with Gasteiger partial charge in [-0.2, -0.15) is 4.98 Å². The molecule has 0 bridgehead atoms. The van der Waals surface area contributed by atoms with Crippen molar-refractivity contribution >= 4 is 5.82 Å². The van der Waals surface area contributed by atoms with E-state index in [4.69, 9.17) is 15.3 Å². The highest BCUT2D eigenvalue weighted by molar-refractivity contribution is 5.39. The normalized spacial score (nSPS) is 10.3. The summed E-state index contributed by atoms with van der Waals surface area (Å²) in [5, 5.41) is 0. The third-order valence-corrected chi connectivity index (χ3v) is 2.39. The van der Waals surface area contributed by atoms with E-state index in [1.165, 1.54) is 0 Å². The summed E-state index contributed by atoms with van der Waals surface area (Å²) < 4.78 is 10.8. The van der Waals surface area contributed by atoms with Crippen molar-refractivity contribution < 1.29 is 9.47 Å². The van der Waals surface area contributed by atoms with E-state index < -0.39 is 0 Å². The van der Waals surface area contributed by atoms with Crippen LogP contribution in [0.15, 0.2) is 30.3 Å². The maximum absolute atomic E-state index is 5.69. The molecule has 0 amide bonds. The number of anilines is 1. The minimum absolute atomic E-state index is 0.440. The Hall–Kier alpha value is -2.18. The van der Waals surface area contributed by atoms with E-state index in [0.717, 1.165) is 5.56 Å². The SMILES string of the molecule is COCc1cccc(Oc2cc(NN)nc(C)n2)c1. The highest BCUT2D eigenvalue weighted by Crippen LogP contribution is 2.22. The summed E-state index contributed by atoms with van der Waals surface area (Å²) in [7, 11) is 1.65. The van der Waals surface area contributed by atoms with Crippen molar-refractivity contribution in [2.24, 2.45) is 5.84 Å². The lowest BCUT2D eigenvalue weighted by atomic mass is 10.2. The van der Waals surface area contributed by atoms with Crippen molar-refractivity contribution in [2.75, 3.05) is 12.5 Å². The van der Waals surface area contributed by atoms with Crippen LogP contribution in [0.2, 0.25) is 0 Å². The Bertz CT molecular complexity index is 560. The first-order valence-corrected chi connectivity index (χ1v) is 5.79. The smallest absolute Gasteiger partial charge is 0.224 e. The van der Waals surface area contributed by atoms with Crippen LogP contribution in [0.25, 0.3) is 0 Å². The molecule has 0 aliphatic heterocycles. The molecular formula is C13H16N4O2. The first-order valence-electron chi connectivity index (χ1n) is 5.79. The topological polar surface area (TPSA) is 82.3 Å². The Kier molecular flexibility index (Phi) is 4.27.